The Balaban J connectivity index is 2.63. The zero-order chi connectivity index (χ0) is 9.35. The number of ether oxygens (including phenoxy) is 2. The number of hydrogen-bond acceptors (Lipinski definition) is 3. The minimum absolute atomic E-state index is 0.000185. The summed E-state index contributed by atoms with van der Waals surface area (Å²) >= 11 is 0. The lowest BCUT2D eigenvalue weighted by atomic mass is 10.0. The normalized spacial score (nSPS) is 36.3. The van der Waals surface area contributed by atoms with E-state index in [1.807, 2.05) is 27.7 Å². The number of rotatable bonds is 2. The van der Waals surface area contributed by atoms with E-state index in [0.717, 1.165) is 6.29 Å². The van der Waals surface area contributed by atoms with Crippen LogP contribution in [0.1, 0.15) is 27.7 Å². The van der Waals surface area contributed by atoms with Crippen LogP contribution >= 0.6 is 0 Å². The summed E-state index contributed by atoms with van der Waals surface area (Å²) in [5.74, 6) is -0.636. The highest BCUT2D eigenvalue weighted by Crippen LogP contribution is 2.30. The molecular weight excluding hydrogens is 156 g/mol. The fourth-order valence-corrected chi connectivity index (χ4v) is 1.58. The molecule has 0 amide bonds. The number of aldehydes is 1. The van der Waals surface area contributed by atoms with Crippen molar-refractivity contribution in [1.29, 1.82) is 0 Å². The molecule has 70 valence electrons. The molecule has 0 bridgehead atoms. The standard InChI is InChI=1S/C9H16O3/c1-6(5-10)8-7(2)11-9(3,4)12-8/h5-8H,1-4H3/t6-,7+,8+/m0/s1. The fourth-order valence-electron chi connectivity index (χ4n) is 1.58. The lowest BCUT2D eigenvalue weighted by Gasteiger charge is -2.18. The maximum atomic E-state index is 10.5. The molecule has 0 saturated carbocycles. The van der Waals surface area contributed by atoms with Crippen molar-refractivity contribution in [3.05, 3.63) is 0 Å². The van der Waals surface area contributed by atoms with Gasteiger partial charge in [-0.2, -0.15) is 0 Å². The van der Waals surface area contributed by atoms with Gasteiger partial charge < -0.3 is 14.3 Å². The van der Waals surface area contributed by atoms with Gasteiger partial charge in [-0.05, 0) is 20.8 Å². The number of hydrogen-bond donors (Lipinski definition) is 0. The van der Waals surface area contributed by atoms with E-state index in [-0.39, 0.29) is 18.1 Å². The Hall–Kier alpha value is -0.410. The first kappa shape index (κ1) is 9.68. The highest BCUT2D eigenvalue weighted by atomic mass is 16.7. The van der Waals surface area contributed by atoms with E-state index in [2.05, 4.69) is 0 Å². The fraction of sp³-hybridized carbons (Fsp3) is 0.889. The third-order valence-corrected chi connectivity index (χ3v) is 2.09. The molecule has 1 saturated heterocycles. The van der Waals surface area contributed by atoms with Crippen molar-refractivity contribution in [3.63, 3.8) is 0 Å². The van der Waals surface area contributed by atoms with E-state index in [0.29, 0.717) is 0 Å². The molecule has 0 aromatic heterocycles. The number of carbonyl (C=O) groups excluding carboxylic acids is 1. The summed E-state index contributed by atoms with van der Waals surface area (Å²) in [6.45, 7) is 7.50. The van der Waals surface area contributed by atoms with Crippen molar-refractivity contribution in [2.45, 2.75) is 45.7 Å². The summed E-state index contributed by atoms with van der Waals surface area (Å²) in [6, 6.07) is 0. The molecule has 12 heavy (non-hydrogen) atoms. The summed E-state index contributed by atoms with van der Waals surface area (Å²) in [5.41, 5.74) is 0. The van der Waals surface area contributed by atoms with Crippen LogP contribution in [0.2, 0.25) is 0 Å². The second-order valence-electron chi connectivity index (χ2n) is 3.80. The van der Waals surface area contributed by atoms with Crippen molar-refractivity contribution in [2.24, 2.45) is 5.92 Å². The molecule has 1 heterocycles. The average Bonchev–Trinajstić information content (AvgIpc) is 2.23. The van der Waals surface area contributed by atoms with Crippen LogP contribution in [0.3, 0.4) is 0 Å². The molecule has 0 aliphatic carbocycles. The zero-order valence-electron chi connectivity index (χ0n) is 8.03. The lowest BCUT2D eigenvalue weighted by Crippen LogP contribution is -2.28. The van der Waals surface area contributed by atoms with Gasteiger partial charge in [-0.3, -0.25) is 0 Å². The molecule has 3 nitrogen and oxygen atoms in total. The quantitative estimate of drug-likeness (QED) is 0.590. The van der Waals surface area contributed by atoms with Crippen molar-refractivity contribution in [3.8, 4) is 0 Å². The molecule has 0 spiro atoms. The SMILES string of the molecule is C[C@@H](C=O)[C@H]1OC(C)(C)O[C@@H]1C. The van der Waals surface area contributed by atoms with E-state index in [1.165, 1.54) is 0 Å². The van der Waals surface area contributed by atoms with Gasteiger partial charge in [0.1, 0.15) is 6.29 Å². The van der Waals surface area contributed by atoms with Crippen LogP contribution in [0.5, 0.6) is 0 Å². The zero-order valence-corrected chi connectivity index (χ0v) is 8.03. The van der Waals surface area contributed by atoms with Crippen LogP contribution < -0.4 is 0 Å². The van der Waals surface area contributed by atoms with Gasteiger partial charge >= 0.3 is 0 Å². The Morgan fingerprint density at radius 1 is 1.42 bits per heavy atom. The molecule has 1 aliphatic heterocycles. The highest BCUT2D eigenvalue weighted by molar-refractivity contribution is 5.54. The van der Waals surface area contributed by atoms with Crippen molar-refractivity contribution < 1.29 is 14.3 Å². The summed E-state index contributed by atoms with van der Waals surface area (Å²) < 4.78 is 11.1. The van der Waals surface area contributed by atoms with E-state index in [4.69, 9.17) is 9.47 Å². The summed E-state index contributed by atoms with van der Waals surface area (Å²) in [6.07, 6.45) is 0.809. The molecular formula is C9H16O3. The van der Waals surface area contributed by atoms with E-state index < -0.39 is 5.79 Å². The van der Waals surface area contributed by atoms with E-state index in [1.54, 1.807) is 0 Å². The number of carbonyl (C=O) groups is 1. The monoisotopic (exact) mass is 172 g/mol. The molecule has 1 fully saturated rings. The Kier molecular flexibility index (Phi) is 2.54. The highest BCUT2D eigenvalue weighted by Gasteiger charge is 2.41. The predicted molar refractivity (Wildman–Crippen MR) is 44.7 cm³/mol. The van der Waals surface area contributed by atoms with Gasteiger partial charge in [0, 0.05) is 5.92 Å². The Morgan fingerprint density at radius 2 is 2.00 bits per heavy atom. The third-order valence-electron chi connectivity index (χ3n) is 2.09. The van der Waals surface area contributed by atoms with Gasteiger partial charge in [0.15, 0.2) is 5.79 Å². The Morgan fingerprint density at radius 3 is 2.33 bits per heavy atom. The Labute approximate surface area is 73.0 Å². The second kappa shape index (κ2) is 3.15. The van der Waals surface area contributed by atoms with Gasteiger partial charge in [-0.1, -0.05) is 6.92 Å². The van der Waals surface area contributed by atoms with Gasteiger partial charge in [-0.15, -0.1) is 0 Å². The second-order valence-corrected chi connectivity index (χ2v) is 3.80. The summed E-state index contributed by atoms with van der Waals surface area (Å²) in [5, 5.41) is 0. The maximum absolute atomic E-state index is 10.5. The third kappa shape index (κ3) is 1.84. The first-order valence-corrected chi connectivity index (χ1v) is 4.27. The molecule has 1 rings (SSSR count). The van der Waals surface area contributed by atoms with Crippen molar-refractivity contribution >= 4 is 6.29 Å². The maximum Gasteiger partial charge on any atom is 0.163 e. The van der Waals surface area contributed by atoms with Crippen LogP contribution in [0, 0.1) is 5.92 Å². The smallest absolute Gasteiger partial charge is 0.163 e. The lowest BCUT2D eigenvalue weighted by molar-refractivity contribution is -0.149. The van der Waals surface area contributed by atoms with Crippen LogP contribution in [0.25, 0.3) is 0 Å². The molecule has 3 atom stereocenters. The summed E-state index contributed by atoms with van der Waals surface area (Å²) in [4.78, 5) is 10.5. The summed E-state index contributed by atoms with van der Waals surface area (Å²) in [7, 11) is 0. The van der Waals surface area contributed by atoms with Crippen molar-refractivity contribution in [2.75, 3.05) is 0 Å². The van der Waals surface area contributed by atoms with Crippen LogP contribution in [-0.2, 0) is 14.3 Å². The van der Waals surface area contributed by atoms with E-state index >= 15 is 0 Å². The largest absolute Gasteiger partial charge is 0.345 e. The molecule has 3 heteroatoms. The molecule has 0 unspecified atom stereocenters. The molecule has 0 radical (unpaired) electrons. The molecule has 1 aliphatic rings. The van der Waals surface area contributed by atoms with Crippen LogP contribution in [-0.4, -0.2) is 24.3 Å². The minimum atomic E-state index is -0.540. The van der Waals surface area contributed by atoms with E-state index in [9.17, 15) is 4.79 Å². The molecule has 0 aromatic rings. The first-order chi connectivity index (χ1) is 5.46. The van der Waals surface area contributed by atoms with Crippen LogP contribution in [0.15, 0.2) is 0 Å². The van der Waals surface area contributed by atoms with Gasteiger partial charge in [0.2, 0.25) is 0 Å². The average molecular weight is 172 g/mol. The predicted octanol–water partition coefficient (Wildman–Crippen LogP) is 1.36. The molecule has 0 N–H and O–H groups in total. The minimum Gasteiger partial charge on any atom is -0.345 e. The van der Waals surface area contributed by atoms with Crippen LogP contribution in [0.4, 0.5) is 0 Å². The van der Waals surface area contributed by atoms with Crippen molar-refractivity contribution in [1.82, 2.24) is 0 Å². The van der Waals surface area contributed by atoms with Gasteiger partial charge in [0.25, 0.3) is 0 Å². The van der Waals surface area contributed by atoms with Gasteiger partial charge in [0.05, 0.1) is 12.2 Å². The first-order valence-electron chi connectivity index (χ1n) is 4.27. The Bertz CT molecular complexity index is 177. The molecule has 0 aromatic carbocycles. The topological polar surface area (TPSA) is 35.5 Å². The van der Waals surface area contributed by atoms with Gasteiger partial charge in [-0.25, -0.2) is 0 Å².